The third-order valence-corrected chi connectivity index (χ3v) is 2.67. The number of carbonyl (C=O) groups excluding carboxylic acids is 1. The average molecular weight is 248 g/mol. The van der Waals surface area contributed by atoms with E-state index in [1.165, 1.54) is 0 Å². The van der Waals surface area contributed by atoms with Crippen LogP contribution in [0.25, 0.3) is 6.08 Å². The molecule has 1 rings (SSSR count). The molecule has 18 heavy (non-hydrogen) atoms. The Kier molecular flexibility index (Phi) is 6.81. The van der Waals surface area contributed by atoms with Crippen LogP contribution in [0, 0.1) is 0 Å². The number of carbonyl (C=O) groups is 1. The van der Waals surface area contributed by atoms with Crippen molar-refractivity contribution in [3.63, 3.8) is 0 Å². The fraction of sp³-hybridized carbons (Fsp3) is 0.400. The van der Waals surface area contributed by atoms with Gasteiger partial charge in [0.15, 0.2) is 0 Å². The largest absolute Gasteiger partial charge is 0.462 e. The summed E-state index contributed by atoms with van der Waals surface area (Å²) in [5.74, 6) is -0.284. The number of esters is 1. The van der Waals surface area contributed by atoms with Gasteiger partial charge in [0.05, 0.1) is 12.2 Å². The van der Waals surface area contributed by atoms with E-state index in [1.54, 1.807) is 18.2 Å². The molecule has 0 aliphatic heterocycles. The summed E-state index contributed by atoms with van der Waals surface area (Å²) in [5.41, 5.74) is 1.55. The summed E-state index contributed by atoms with van der Waals surface area (Å²) in [4.78, 5) is 11.6. The fourth-order valence-electron chi connectivity index (χ4n) is 1.57. The summed E-state index contributed by atoms with van der Waals surface area (Å²) >= 11 is 0. The standard InChI is InChI=1S/C15H20O3/c1-2-13-7-9-14(10-8-13)15(17)18-12-6-4-3-5-11-16/h2,7-10,16H,1,3-6,11-12H2. The van der Waals surface area contributed by atoms with Gasteiger partial charge in [0.1, 0.15) is 0 Å². The van der Waals surface area contributed by atoms with Crippen molar-refractivity contribution in [1.29, 1.82) is 0 Å². The highest BCUT2D eigenvalue weighted by molar-refractivity contribution is 5.89. The Morgan fingerprint density at radius 1 is 1.17 bits per heavy atom. The molecular weight excluding hydrogens is 228 g/mol. The van der Waals surface area contributed by atoms with Crippen LogP contribution in [0.1, 0.15) is 41.6 Å². The van der Waals surface area contributed by atoms with Crippen LogP contribution in [0.4, 0.5) is 0 Å². The highest BCUT2D eigenvalue weighted by atomic mass is 16.5. The van der Waals surface area contributed by atoms with E-state index < -0.39 is 0 Å². The Labute approximate surface area is 108 Å². The van der Waals surface area contributed by atoms with Crippen LogP contribution in [0.15, 0.2) is 30.8 Å². The van der Waals surface area contributed by atoms with Crippen molar-refractivity contribution in [2.24, 2.45) is 0 Å². The van der Waals surface area contributed by atoms with Crippen molar-refractivity contribution in [2.45, 2.75) is 25.7 Å². The topological polar surface area (TPSA) is 46.5 Å². The molecule has 98 valence electrons. The van der Waals surface area contributed by atoms with Gasteiger partial charge in [-0.2, -0.15) is 0 Å². The Morgan fingerprint density at radius 2 is 1.83 bits per heavy atom. The lowest BCUT2D eigenvalue weighted by atomic mass is 10.1. The molecule has 0 aliphatic rings. The van der Waals surface area contributed by atoms with E-state index in [0.717, 1.165) is 31.2 Å². The minimum absolute atomic E-state index is 0.232. The predicted octanol–water partition coefficient (Wildman–Crippen LogP) is 3.04. The van der Waals surface area contributed by atoms with E-state index in [0.29, 0.717) is 12.2 Å². The molecule has 1 aromatic rings. The Bertz CT molecular complexity index is 368. The first-order chi connectivity index (χ1) is 8.77. The summed E-state index contributed by atoms with van der Waals surface area (Å²) in [7, 11) is 0. The maximum absolute atomic E-state index is 11.6. The smallest absolute Gasteiger partial charge is 0.338 e. The lowest BCUT2D eigenvalue weighted by molar-refractivity contribution is 0.0497. The van der Waals surface area contributed by atoms with Crippen molar-refractivity contribution < 1.29 is 14.6 Å². The molecule has 0 spiro atoms. The normalized spacial score (nSPS) is 10.1. The van der Waals surface area contributed by atoms with Crippen LogP contribution in [0.5, 0.6) is 0 Å². The van der Waals surface area contributed by atoms with Gasteiger partial charge in [0.2, 0.25) is 0 Å². The Balaban J connectivity index is 2.25. The predicted molar refractivity (Wildman–Crippen MR) is 72.4 cm³/mol. The fourth-order valence-corrected chi connectivity index (χ4v) is 1.57. The van der Waals surface area contributed by atoms with Crippen LogP contribution >= 0.6 is 0 Å². The van der Waals surface area contributed by atoms with Crippen LogP contribution in [-0.4, -0.2) is 24.3 Å². The van der Waals surface area contributed by atoms with Gasteiger partial charge in [-0.25, -0.2) is 4.79 Å². The number of hydrogen-bond donors (Lipinski definition) is 1. The van der Waals surface area contributed by atoms with Gasteiger partial charge in [0.25, 0.3) is 0 Å². The number of rotatable bonds is 8. The molecule has 0 atom stereocenters. The second-order valence-corrected chi connectivity index (χ2v) is 4.10. The van der Waals surface area contributed by atoms with Gasteiger partial charge < -0.3 is 9.84 Å². The third-order valence-electron chi connectivity index (χ3n) is 2.67. The van der Waals surface area contributed by atoms with Gasteiger partial charge in [-0.3, -0.25) is 0 Å². The van der Waals surface area contributed by atoms with Crippen LogP contribution in [-0.2, 0) is 4.74 Å². The van der Waals surface area contributed by atoms with E-state index in [2.05, 4.69) is 6.58 Å². The molecule has 1 aromatic carbocycles. The molecule has 0 aliphatic carbocycles. The molecular formula is C15H20O3. The lowest BCUT2D eigenvalue weighted by Gasteiger charge is -2.05. The summed E-state index contributed by atoms with van der Waals surface area (Å²) in [6.07, 6.45) is 5.34. The van der Waals surface area contributed by atoms with Gasteiger partial charge in [-0.1, -0.05) is 31.2 Å². The first-order valence-corrected chi connectivity index (χ1v) is 6.28. The summed E-state index contributed by atoms with van der Waals surface area (Å²) in [5, 5.41) is 8.61. The summed E-state index contributed by atoms with van der Waals surface area (Å²) < 4.78 is 5.15. The zero-order chi connectivity index (χ0) is 13.2. The minimum atomic E-state index is -0.284. The highest BCUT2D eigenvalue weighted by Crippen LogP contribution is 2.07. The number of unbranched alkanes of at least 4 members (excludes halogenated alkanes) is 3. The monoisotopic (exact) mass is 248 g/mol. The van der Waals surface area contributed by atoms with Crippen molar-refractivity contribution in [3.05, 3.63) is 42.0 Å². The van der Waals surface area contributed by atoms with E-state index in [-0.39, 0.29) is 12.6 Å². The average Bonchev–Trinajstić information content (AvgIpc) is 2.42. The molecule has 0 heterocycles. The molecule has 0 bridgehead atoms. The SMILES string of the molecule is C=Cc1ccc(C(=O)OCCCCCCO)cc1. The number of benzene rings is 1. The van der Waals surface area contributed by atoms with Crippen LogP contribution in [0.3, 0.4) is 0 Å². The van der Waals surface area contributed by atoms with Gasteiger partial charge in [-0.05, 0) is 37.0 Å². The molecule has 0 aromatic heterocycles. The number of aliphatic hydroxyl groups is 1. The van der Waals surface area contributed by atoms with Gasteiger partial charge in [-0.15, -0.1) is 0 Å². The zero-order valence-electron chi connectivity index (χ0n) is 10.6. The van der Waals surface area contributed by atoms with E-state index in [1.807, 2.05) is 12.1 Å². The maximum atomic E-state index is 11.6. The first-order valence-electron chi connectivity index (χ1n) is 6.28. The number of ether oxygens (including phenoxy) is 1. The summed E-state index contributed by atoms with van der Waals surface area (Å²) in [6, 6.07) is 7.16. The van der Waals surface area contributed by atoms with Gasteiger partial charge in [0, 0.05) is 6.61 Å². The lowest BCUT2D eigenvalue weighted by Crippen LogP contribution is -2.06. The second-order valence-electron chi connectivity index (χ2n) is 4.10. The molecule has 0 amide bonds. The van der Waals surface area contributed by atoms with Crippen molar-refractivity contribution in [1.82, 2.24) is 0 Å². The van der Waals surface area contributed by atoms with Crippen LogP contribution in [0.2, 0.25) is 0 Å². The number of hydrogen-bond acceptors (Lipinski definition) is 3. The van der Waals surface area contributed by atoms with E-state index >= 15 is 0 Å². The van der Waals surface area contributed by atoms with E-state index in [4.69, 9.17) is 9.84 Å². The van der Waals surface area contributed by atoms with Crippen molar-refractivity contribution in [2.75, 3.05) is 13.2 Å². The maximum Gasteiger partial charge on any atom is 0.338 e. The Hall–Kier alpha value is -1.61. The minimum Gasteiger partial charge on any atom is -0.462 e. The zero-order valence-corrected chi connectivity index (χ0v) is 10.6. The van der Waals surface area contributed by atoms with Crippen molar-refractivity contribution in [3.8, 4) is 0 Å². The highest BCUT2D eigenvalue weighted by Gasteiger charge is 2.05. The molecule has 0 unspecified atom stereocenters. The molecule has 3 heteroatoms. The molecule has 3 nitrogen and oxygen atoms in total. The third kappa shape index (κ3) is 5.15. The van der Waals surface area contributed by atoms with E-state index in [9.17, 15) is 4.79 Å². The molecule has 0 radical (unpaired) electrons. The van der Waals surface area contributed by atoms with Crippen molar-refractivity contribution >= 4 is 12.0 Å². The number of aliphatic hydroxyl groups excluding tert-OH is 1. The summed E-state index contributed by atoms with van der Waals surface area (Å²) in [6.45, 7) is 4.33. The van der Waals surface area contributed by atoms with Gasteiger partial charge >= 0.3 is 5.97 Å². The molecule has 0 saturated carbocycles. The van der Waals surface area contributed by atoms with Crippen LogP contribution < -0.4 is 0 Å². The first kappa shape index (κ1) is 14.5. The molecule has 1 N–H and O–H groups in total. The Morgan fingerprint density at radius 3 is 2.44 bits per heavy atom. The second kappa shape index (κ2) is 8.48. The molecule has 0 saturated heterocycles. The quantitative estimate of drug-likeness (QED) is 0.568. The molecule has 0 fully saturated rings.